The molecule has 4 N–H and O–H groups in total. The fraction of sp³-hybridized carbons (Fsp3) is 0.643. The van der Waals surface area contributed by atoms with Gasteiger partial charge in [0.05, 0.1) is 13.2 Å². The van der Waals surface area contributed by atoms with Crippen LogP contribution in [0.2, 0.25) is 0 Å². The number of ether oxygens (including phenoxy) is 2. The highest BCUT2D eigenvalue weighted by Gasteiger charge is 2.28. The van der Waals surface area contributed by atoms with Gasteiger partial charge in [-0.25, -0.2) is 4.57 Å². The van der Waals surface area contributed by atoms with Crippen molar-refractivity contribution in [1.82, 2.24) is 0 Å². The molecule has 0 radical (unpaired) electrons. The van der Waals surface area contributed by atoms with Crippen molar-refractivity contribution in [1.29, 1.82) is 0 Å². The second kappa shape index (κ2) is 36.9. The zero-order valence-electron chi connectivity index (χ0n) is 33.0. The summed E-state index contributed by atoms with van der Waals surface area (Å²) >= 11 is 0. The molecule has 0 saturated heterocycles. The predicted octanol–water partition coefficient (Wildman–Crippen LogP) is 10.2. The first-order valence-electron chi connectivity index (χ1n) is 20.0. The number of phosphoric acid groups is 1. The molecule has 54 heavy (non-hydrogen) atoms. The van der Waals surface area contributed by atoms with Crippen LogP contribution in [-0.4, -0.2) is 59.9 Å². The number of hydrogen-bond donors (Lipinski definition) is 3. The number of unbranched alkanes of at least 4 members (excludes halogenated alkanes) is 10. The van der Waals surface area contributed by atoms with Gasteiger partial charge in [-0.15, -0.1) is 0 Å². The highest BCUT2D eigenvalue weighted by Crippen LogP contribution is 2.43. The van der Waals surface area contributed by atoms with Crippen LogP contribution in [0.1, 0.15) is 142 Å². The summed E-state index contributed by atoms with van der Waals surface area (Å²) in [4.78, 5) is 45.8. The lowest BCUT2D eigenvalue weighted by atomic mass is 10.1. The third-order valence-electron chi connectivity index (χ3n) is 7.95. The van der Waals surface area contributed by atoms with Crippen molar-refractivity contribution in [2.24, 2.45) is 5.73 Å². The molecule has 0 aromatic heterocycles. The van der Waals surface area contributed by atoms with E-state index in [-0.39, 0.29) is 19.4 Å². The molecule has 0 aliphatic heterocycles. The molecular formula is C42H70NO10P. The molecule has 12 heteroatoms. The predicted molar refractivity (Wildman–Crippen MR) is 217 cm³/mol. The van der Waals surface area contributed by atoms with E-state index in [1.165, 1.54) is 0 Å². The van der Waals surface area contributed by atoms with Crippen LogP contribution in [0.25, 0.3) is 0 Å². The highest BCUT2D eigenvalue weighted by molar-refractivity contribution is 7.47. The number of nitrogens with two attached hydrogens (primary N) is 1. The lowest BCUT2D eigenvalue weighted by Gasteiger charge is -2.20. The Labute approximate surface area is 325 Å². The number of rotatable bonds is 36. The molecule has 0 fully saturated rings. The van der Waals surface area contributed by atoms with E-state index >= 15 is 0 Å². The van der Waals surface area contributed by atoms with E-state index in [0.717, 1.165) is 103 Å². The summed E-state index contributed by atoms with van der Waals surface area (Å²) in [7, 11) is -4.73. The molecule has 0 aliphatic carbocycles. The third kappa shape index (κ3) is 35.9. The van der Waals surface area contributed by atoms with E-state index in [9.17, 15) is 23.8 Å². The number of carbonyl (C=O) groups is 3. The molecular weight excluding hydrogens is 709 g/mol. The topological polar surface area (TPSA) is 172 Å². The molecule has 0 aliphatic rings. The Hall–Kier alpha value is -3.08. The fourth-order valence-corrected chi connectivity index (χ4v) is 5.63. The summed E-state index contributed by atoms with van der Waals surface area (Å²) in [6, 6.07) is -1.53. The molecule has 0 heterocycles. The van der Waals surface area contributed by atoms with Gasteiger partial charge in [0, 0.05) is 12.8 Å². The number of esters is 2. The SMILES string of the molecule is CCC=CCC=CCC=CCCCCCCCC(=O)OCC(COP(=O)(O)OCC(N)C(=O)O)OC(=O)CCCCCCCC=CCC=CCC=CCC. The number of carboxylic acid groups (broad SMARTS) is 1. The van der Waals surface area contributed by atoms with Crippen molar-refractivity contribution in [3.05, 3.63) is 72.9 Å². The molecule has 0 rings (SSSR count). The first-order valence-corrected chi connectivity index (χ1v) is 21.5. The Kier molecular flexibility index (Phi) is 34.8. The van der Waals surface area contributed by atoms with Gasteiger partial charge in [0.15, 0.2) is 6.10 Å². The summed E-state index contributed by atoms with van der Waals surface area (Å²) in [5, 5.41) is 8.87. The smallest absolute Gasteiger partial charge is 0.472 e. The van der Waals surface area contributed by atoms with Gasteiger partial charge in [-0.2, -0.15) is 0 Å². The van der Waals surface area contributed by atoms with Crippen LogP contribution in [0.3, 0.4) is 0 Å². The van der Waals surface area contributed by atoms with Crippen molar-refractivity contribution < 1.29 is 47.5 Å². The number of carboxylic acids is 1. The highest BCUT2D eigenvalue weighted by atomic mass is 31.2. The normalized spacial score (nSPS) is 14.6. The monoisotopic (exact) mass is 779 g/mol. The average molecular weight is 780 g/mol. The minimum Gasteiger partial charge on any atom is -0.480 e. The van der Waals surface area contributed by atoms with Crippen LogP contribution in [0, 0.1) is 0 Å². The minimum absolute atomic E-state index is 0.134. The first-order chi connectivity index (χ1) is 26.1. The van der Waals surface area contributed by atoms with Gasteiger partial charge in [-0.1, -0.05) is 125 Å². The quantitative estimate of drug-likeness (QED) is 0.0239. The molecule has 0 aromatic rings. The van der Waals surface area contributed by atoms with Crippen LogP contribution in [-0.2, 0) is 37.5 Å². The Balaban J connectivity index is 4.48. The largest absolute Gasteiger partial charge is 0.480 e. The second-order valence-electron chi connectivity index (χ2n) is 13.0. The number of phosphoric ester groups is 1. The van der Waals surface area contributed by atoms with Crippen LogP contribution in [0.4, 0.5) is 0 Å². The van der Waals surface area contributed by atoms with Gasteiger partial charge >= 0.3 is 25.7 Å². The van der Waals surface area contributed by atoms with Crippen molar-refractivity contribution in [3.63, 3.8) is 0 Å². The molecule has 308 valence electrons. The number of allylic oxidation sites excluding steroid dienone is 12. The van der Waals surface area contributed by atoms with Crippen molar-refractivity contribution in [2.45, 2.75) is 154 Å². The third-order valence-corrected chi connectivity index (χ3v) is 8.90. The van der Waals surface area contributed by atoms with E-state index in [2.05, 4.69) is 91.3 Å². The summed E-state index contributed by atoms with van der Waals surface area (Å²) in [5.74, 6) is -2.43. The van der Waals surface area contributed by atoms with E-state index in [1.54, 1.807) is 0 Å². The average Bonchev–Trinajstić information content (AvgIpc) is 3.14. The molecule has 0 aromatic carbocycles. The van der Waals surface area contributed by atoms with Crippen molar-refractivity contribution in [3.8, 4) is 0 Å². The van der Waals surface area contributed by atoms with E-state index < -0.39 is 51.1 Å². The van der Waals surface area contributed by atoms with Gasteiger partial charge in [0.25, 0.3) is 0 Å². The first kappa shape index (κ1) is 50.9. The zero-order chi connectivity index (χ0) is 40.0. The van der Waals surface area contributed by atoms with Gasteiger partial charge < -0.3 is 25.2 Å². The lowest BCUT2D eigenvalue weighted by Crippen LogP contribution is -2.34. The maximum Gasteiger partial charge on any atom is 0.472 e. The van der Waals surface area contributed by atoms with Crippen LogP contribution < -0.4 is 5.73 Å². The van der Waals surface area contributed by atoms with Crippen molar-refractivity contribution in [2.75, 3.05) is 19.8 Å². The van der Waals surface area contributed by atoms with Gasteiger partial charge in [0.2, 0.25) is 0 Å². The summed E-state index contributed by atoms with van der Waals surface area (Å²) in [5.41, 5.74) is 5.32. The molecule has 0 bridgehead atoms. The Bertz CT molecular complexity index is 1190. The molecule has 11 nitrogen and oxygen atoms in total. The standard InChI is InChI=1S/C42H70NO10P/c1-3-5-7-9-11-13-15-17-19-21-23-25-27-29-31-33-40(44)50-35-38(36-51-54(48,49)52-37-39(43)42(46)47)53-41(45)34-32-30-28-26-24-22-20-18-16-14-12-10-8-6-4-2/h5-8,11-14,17-20,38-39H,3-4,9-10,15-16,21-37,43H2,1-2H3,(H,46,47)(H,48,49). The Morgan fingerprint density at radius 2 is 0.981 bits per heavy atom. The van der Waals surface area contributed by atoms with E-state index in [4.69, 9.17) is 24.8 Å². The minimum atomic E-state index is -4.73. The van der Waals surface area contributed by atoms with Crippen LogP contribution in [0.15, 0.2) is 72.9 Å². The number of carbonyl (C=O) groups excluding carboxylic acids is 2. The maximum absolute atomic E-state index is 12.6. The summed E-state index contributed by atoms with van der Waals surface area (Å²) in [6.45, 7) is 2.52. The maximum atomic E-state index is 12.6. The molecule has 0 spiro atoms. The molecule has 3 unspecified atom stereocenters. The fourth-order valence-electron chi connectivity index (χ4n) is 4.86. The van der Waals surface area contributed by atoms with Gasteiger partial charge in [-0.05, 0) is 77.0 Å². The zero-order valence-corrected chi connectivity index (χ0v) is 33.9. The molecule has 0 amide bonds. The summed E-state index contributed by atoms with van der Waals surface area (Å²) < 4.78 is 32.6. The van der Waals surface area contributed by atoms with Gasteiger partial charge in [0.1, 0.15) is 12.6 Å². The number of hydrogen-bond acceptors (Lipinski definition) is 9. The van der Waals surface area contributed by atoms with Crippen molar-refractivity contribution >= 4 is 25.7 Å². The van der Waals surface area contributed by atoms with Crippen LogP contribution in [0.5, 0.6) is 0 Å². The van der Waals surface area contributed by atoms with E-state index in [0.29, 0.717) is 12.8 Å². The lowest BCUT2D eigenvalue weighted by molar-refractivity contribution is -0.161. The Morgan fingerprint density at radius 3 is 1.46 bits per heavy atom. The second-order valence-corrected chi connectivity index (χ2v) is 14.5. The number of aliphatic carboxylic acids is 1. The molecule has 0 saturated carbocycles. The Morgan fingerprint density at radius 1 is 0.574 bits per heavy atom. The van der Waals surface area contributed by atoms with Crippen LogP contribution >= 0.6 is 7.82 Å². The van der Waals surface area contributed by atoms with Gasteiger partial charge in [-0.3, -0.25) is 23.4 Å². The molecule has 3 atom stereocenters. The summed E-state index contributed by atoms with van der Waals surface area (Å²) in [6.07, 6.45) is 42.5. The van der Waals surface area contributed by atoms with E-state index in [1.807, 2.05) is 0 Å².